The molecule has 3 atom stereocenters. The first-order valence-electron chi connectivity index (χ1n) is 16.7. The number of benzene rings is 1. The molecule has 0 saturated carbocycles. The van der Waals surface area contributed by atoms with Gasteiger partial charge >= 0.3 is 6.09 Å². The number of carbonyl (C=O) groups is 3. The topological polar surface area (TPSA) is 148 Å². The molecule has 4 N–H and O–H groups in total. The number of ether oxygens (including phenoxy) is 1. The summed E-state index contributed by atoms with van der Waals surface area (Å²) < 4.78 is 7.01. The number of carbonyl (C=O) groups excluding carboxylic acids is 3. The van der Waals surface area contributed by atoms with Crippen LogP contribution in [-0.2, 0) is 14.3 Å². The van der Waals surface area contributed by atoms with E-state index in [4.69, 9.17) is 4.98 Å². The molecule has 12 nitrogen and oxygen atoms in total. The lowest BCUT2D eigenvalue weighted by molar-refractivity contribution is -0.135. The number of thiophene rings is 2. The largest absolute Gasteiger partial charge is 0.453 e. The van der Waals surface area contributed by atoms with Crippen molar-refractivity contribution in [1.82, 2.24) is 40.4 Å². The number of amides is 3. The lowest BCUT2D eigenvalue weighted by Crippen LogP contribution is -2.47. The van der Waals surface area contributed by atoms with Gasteiger partial charge in [-0.2, -0.15) is 0 Å². The molecule has 2 aliphatic rings. The van der Waals surface area contributed by atoms with Crippen molar-refractivity contribution in [3.8, 4) is 33.6 Å². The Morgan fingerprint density at radius 2 is 1.64 bits per heavy atom. The third-order valence-corrected chi connectivity index (χ3v) is 11.6. The number of hydrogen-bond acceptors (Lipinski definition) is 9. The molecule has 6 heterocycles. The quantitative estimate of drug-likeness (QED) is 0.128. The Hall–Kier alpha value is -4.79. The van der Waals surface area contributed by atoms with Gasteiger partial charge in [0.05, 0.1) is 52.4 Å². The Labute approximate surface area is 298 Å². The van der Waals surface area contributed by atoms with E-state index in [1.807, 2.05) is 30.3 Å². The number of rotatable bonds is 10. The minimum Gasteiger partial charge on any atom is -0.453 e. The molecule has 4 aromatic heterocycles. The second kappa shape index (κ2) is 14.2. The van der Waals surface area contributed by atoms with Crippen LogP contribution in [0.5, 0.6) is 0 Å². The summed E-state index contributed by atoms with van der Waals surface area (Å²) in [5, 5.41) is 10.0. The molecule has 1 fully saturated rings. The minimum atomic E-state index is -0.647. The van der Waals surface area contributed by atoms with E-state index in [1.54, 1.807) is 33.8 Å². The fourth-order valence-corrected chi connectivity index (χ4v) is 9.33. The molecule has 3 unspecified atom stereocenters. The number of methoxy groups -OCH3 is 1. The number of nitrogens with one attached hydrogen (secondary N) is 4. The highest BCUT2D eigenvalue weighted by atomic mass is 32.1. The molecular formula is C36H40N8O4S2. The van der Waals surface area contributed by atoms with E-state index in [9.17, 15) is 14.4 Å². The molecule has 2 aliphatic heterocycles. The number of aromatic nitrogens is 4. The summed E-state index contributed by atoms with van der Waals surface area (Å²) >= 11 is 3.45. The van der Waals surface area contributed by atoms with E-state index in [1.165, 1.54) is 22.1 Å². The van der Waals surface area contributed by atoms with Crippen LogP contribution >= 0.6 is 22.7 Å². The molecule has 0 spiro atoms. The third-order valence-electron chi connectivity index (χ3n) is 9.49. The van der Waals surface area contributed by atoms with Gasteiger partial charge in [0.15, 0.2) is 0 Å². The van der Waals surface area contributed by atoms with Crippen LogP contribution in [-0.4, -0.2) is 87.5 Å². The number of nitrogens with zero attached hydrogens (tertiary/aromatic N) is 4. The molecule has 1 aromatic carbocycles. The van der Waals surface area contributed by atoms with Crippen LogP contribution in [0.3, 0.4) is 0 Å². The van der Waals surface area contributed by atoms with Gasteiger partial charge in [-0.05, 0) is 36.9 Å². The SMILES string of the molecule is CNC(C(=O)N1CCCC1c1ncc(-c2csc3c(-c4ccc(-c5cnc(C6C=CCN6C(=O)CNC(=O)OC)[nH]5)cc4)csc23)[nH]1)C(C)C. The van der Waals surface area contributed by atoms with E-state index in [0.717, 1.165) is 53.3 Å². The van der Waals surface area contributed by atoms with E-state index in [-0.39, 0.29) is 42.4 Å². The summed E-state index contributed by atoms with van der Waals surface area (Å²) in [6.07, 6.45) is 8.75. The first-order valence-corrected chi connectivity index (χ1v) is 18.5. The van der Waals surface area contributed by atoms with Gasteiger partial charge in [-0.3, -0.25) is 9.59 Å². The van der Waals surface area contributed by atoms with Gasteiger partial charge in [0.1, 0.15) is 24.2 Å². The number of fused-ring (bicyclic) bond motifs is 1. The van der Waals surface area contributed by atoms with Crippen LogP contribution in [0.4, 0.5) is 4.79 Å². The number of aromatic amines is 2. The van der Waals surface area contributed by atoms with Gasteiger partial charge in [0.25, 0.3) is 0 Å². The van der Waals surface area contributed by atoms with Crippen molar-refractivity contribution in [3.63, 3.8) is 0 Å². The molecule has 14 heteroatoms. The maximum atomic E-state index is 13.4. The molecule has 260 valence electrons. The highest BCUT2D eigenvalue weighted by Crippen LogP contribution is 2.44. The van der Waals surface area contributed by atoms with E-state index in [2.05, 4.69) is 79.2 Å². The van der Waals surface area contributed by atoms with Crippen molar-refractivity contribution in [2.24, 2.45) is 5.92 Å². The number of hydrogen-bond donors (Lipinski definition) is 4. The molecule has 0 bridgehead atoms. The summed E-state index contributed by atoms with van der Waals surface area (Å²) in [6, 6.07) is 7.79. The Balaban J connectivity index is 1.05. The molecular weight excluding hydrogens is 673 g/mol. The van der Waals surface area contributed by atoms with Crippen LogP contribution in [0.15, 0.2) is 59.6 Å². The summed E-state index contributed by atoms with van der Waals surface area (Å²) in [7, 11) is 3.11. The van der Waals surface area contributed by atoms with Crippen molar-refractivity contribution in [1.29, 1.82) is 0 Å². The van der Waals surface area contributed by atoms with Crippen LogP contribution < -0.4 is 10.6 Å². The second-order valence-corrected chi connectivity index (χ2v) is 14.6. The lowest BCUT2D eigenvalue weighted by Gasteiger charge is -2.29. The Bertz CT molecular complexity index is 2040. The predicted molar refractivity (Wildman–Crippen MR) is 196 cm³/mol. The normalized spacial score (nSPS) is 18.0. The molecule has 1 saturated heterocycles. The second-order valence-electron chi connectivity index (χ2n) is 12.9. The van der Waals surface area contributed by atoms with Crippen molar-refractivity contribution < 1.29 is 19.1 Å². The fraction of sp³-hybridized carbons (Fsp3) is 0.361. The number of likely N-dealkylation sites (tertiary alicyclic amines) is 1. The van der Waals surface area contributed by atoms with Gasteiger partial charge in [-0.15, -0.1) is 22.7 Å². The highest BCUT2D eigenvalue weighted by Gasteiger charge is 2.36. The van der Waals surface area contributed by atoms with Crippen LogP contribution in [0, 0.1) is 5.92 Å². The zero-order valence-corrected chi connectivity index (χ0v) is 30.0. The minimum absolute atomic E-state index is 0.0465. The standard InChI is InChI=1S/C36H40N8O4S2/c1-20(2)30(37-3)35(46)44-14-6-8-28(44)34-39-16-26(42-34)24-19-50-31-23(18-49-32(24)31)21-9-11-22(12-10-21)25-15-38-33(41-25)27-7-5-13-43(27)29(45)17-40-36(47)48-4/h5,7,9-12,15-16,18-20,27-28,30,37H,6,8,13-14,17H2,1-4H3,(H,38,41)(H,39,42)(H,40,47). The average molecular weight is 713 g/mol. The van der Waals surface area contributed by atoms with E-state index < -0.39 is 6.09 Å². The van der Waals surface area contributed by atoms with Crippen molar-refractivity contribution in [2.45, 2.75) is 44.8 Å². The van der Waals surface area contributed by atoms with Crippen molar-refractivity contribution in [3.05, 3.63) is 71.2 Å². The van der Waals surface area contributed by atoms with Crippen molar-refractivity contribution >= 4 is 50.0 Å². The summed E-state index contributed by atoms with van der Waals surface area (Å²) in [4.78, 5) is 57.5. The zero-order valence-electron chi connectivity index (χ0n) is 28.4. The van der Waals surface area contributed by atoms with Crippen LogP contribution in [0.1, 0.15) is 50.4 Å². The number of imidazole rings is 2. The molecule has 50 heavy (non-hydrogen) atoms. The first-order chi connectivity index (χ1) is 24.3. The first kappa shape index (κ1) is 33.7. The Morgan fingerprint density at radius 3 is 2.38 bits per heavy atom. The van der Waals surface area contributed by atoms with Gasteiger partial charge in [0, 0.05) is 35.0 Å². The highest BCUT2D eigenvalue weighted by molar-refractivity contribution is 7.27. The summed E-state index contributed by atoms with van der Waals surface area (Å²) in [6.45, 7) is 5.17. The Kier molecular flexibility index (Phi) is 9.58. The molecule has 7 rings (SSSR count). The number of likely N-dealkylation sites (N-methyl/N-ethyl adjacent to an activating group) is 1. The summed E-state index contributed by atoms with van der Waals surface area (Å²) in [5.41, 5.74) is 6.23. The average Bonchev–Trinajstić information content (AvgIpc) is 3.96. The molecule has 0 aliphatic carbocycles. The number of alkyl carbamates (subject to hydrolysis) is 1. The Morgan fingerprint density at radius 1 is 0.960 bits per heavy atom. The summed E-state index contributed by atoms with van der Waals surface area (Å²) in [5.74, 6) is 1.62. The van der Waals surface area contributed by atoms with Gasteiger partial charge < -0.3 is 35.1 Å². The lowest BCUT2D eigenvalue weighted by atomic mass is 10.0. The third kappa shape index (κ3) is 6.34. The van der Waals surface area contributed by atoms with Crippen molar-refractivity contribution in [2.75, 3.05) is 33.8 Å². The monoisotopic (exact) mass is 712 g/mol. The molecule has 5 aromatic rings. The molecule has 0 radical (unpaired) electrons. The van der Waals surface area contributed by atoms with Gasteiger partial charge in [-0.25, -0.2) is 14.8 Å². The van der Waals surface area contributed by atoms with Crippen LogP contribution in [0.2, 0.25) is 0 Å². The van der Waals surface area contributed by atoms with E-state index >= 15 is 0 Å². The smallest absolute Gasteiger partial charge is 0.407 e. The van der Waals surface area contributed by atoms with Gasteiger partial charge in [-0.1, -0.05) is 50.3 Å². The maximum Gasteiger partial charge on any atom is 0.407 e. The van der Waals surface area contributed by atoms with Crippen LogP contribution in [0.25, 0.3) is 43.0 Å². The fourth-order valence-electron chi connectivity index (χ4n) is 6.89. The van der Waals surface area contributed by atoms with Gasteiger partial charge in [0.2, 0.25) is 11.8 Å². The predicted octanol–water partition coefficient (Wildman–Crippen LogP) is 6.11. The molecule has 3 amide bonds. The zero-order chi connectivity index (χ0) is 34.9. The maximum absolute atomic E-state index is 13.4. The van der Waals surface area contributed by atoms with E-state index in [0.29, 0.717) is 12.4 Å². The number of H-pyrrole nitrogens is 2.